The average molecular weight is 413 g/mol. The lowest BCUT2D eigenvalue weighted by molar-refractivity contribution is -0.145. The summed E-state index contributed by atoms with van der Waals surface area (Å²) in [5, 5.41) is 0. The van der Waals surface area contributed by atoms with Crippen LogP contribution in [0.2, 0.25) is 0 Å². The molecule has 4 atom stereocenters. The van der Waals surface area contributed by atoms with Gasteiger partial charge in [-0.2, -0.15) is 0 Å². The molecule has 174 valence electrons. The van der Waals surface area contributed by atoms with Gasteiger partial charge in [-0.1, -0.05) is 92.4 Å². The van der Waals surface area contributed by atoms with Crippen LogP contribution in [0, 0.1) is 23.7 Å². The van der Waals surface area contributed by atoms with Crippen molar-refractivity contribution in [3.8, 4) is 0 Å². The molecule has 1 fully saturated rings. The number of hydrogen-bond acceptors (Lipinski definition) is 3. The van der Waals surface area contributed by atoms with Gasteiger partial charge in [-0.3, -0.25) is 0 Å². The zero-order chi connectivity index (χ0) is 21.7. The van der Waals surface area contributed by atoms with E-state index in [2.05, 4.69) is 34.6 Å². The third-order valence-corrected chi connectivity index (χ3v) is 6.39. The molecule has 0 aromatic rings. The Kier molecular flexibility index (Phi) is 13.7. The molecule has 1 heterocycles. The standard InChI is InChI=1S/C26H52O3/c1-21(2)11-8-12-22(3)13-9-14-23(4)15-10-16-24(5)17-18-27-19-25-20-28-26(6,7)29-25/h21-25H,8-20H2,1-7H3/t22-,23-,24-,25+/m1/s1. The van der Waals surface area contributed by atoms with Crippen molar-refractivity contribution in [1.82, 2.24) is 0 Å². The number of ether oxygens (including phenoxy) is 3. The first-order valence-corrected chi connectivity index (χ1v) is 12.6. The topological polar surface area (TPSA) is 27.7 Å². The van der Waals surface area contributed by atoms with Crippen molar-refractivity contribution in [2.24, 2.45) is 23.7 Å². The van der Waals surface area contributed by atoms with Crippen molar-refractivity contribution in [3.63, 3.8) is 0 Å². The maximum Gasteiger partial charge on any atom is 0.163 e. The van der Waals surface area contributed by atoms with Crippen molar-refractivity contribution < 1.29 is 14.2 Å². The summed E-state index contributed by atoms with van der Waals surface area (Å²) in [7, 11) is 0. The first kappa shape index (κ1) is 26.9. The van der Waals surface area contributed by atoms with Gasteiger partial charge in [0.05, 0.1) is 13.2 Å². The van der Waals surface area contributed by atoms with Gasteiger partial charge >= 0.3 is 0 Å². The molecule has 0 aromatic carbocycles. The van der Waals surface area contributed by atoms with E-state index in [4.69, 9.17) is 14.2 Å². The molecule has 3 nitrogen and oxygen atoms in total. The molecule has 0 aliphatic carbocycles. The van der Waals surface area contributed by atoms with Gasteiger partial charge in [0.15, 0.2) is 5.79 Å². The van der Waals surface area contributed by atoms with Crippen LogP contribution < -0.4 is 0 Å². The molecule has 0 saturated carbocycles. The van der Waals surface area contributed by atoms with E-state index in [1.165, 1.54) is 57.8 Å². The molecule has 1 rings (SSSR count). The summed E-state index contributed by atoms with van der Waals surface area (Å²) in [6, 6.07) is 0. The summed E-state index contributed by atoms with van der Waals surface area (Å²) in [6.07, 6.45) is 13.8. The lowest BCUT2D eigenvalue weighted by atomic mass is 9.91. The maximum absolute atomic E-state index is 5.82. The van der Waals surface area contributed by atoms with E-state index in [-0.39, 0.29) is 6.10 Å². The Morgan fingerprint density at radius 1 is 0.759 bits per heavy atom. The molecule has 1 aliphatic heterocycles. The minimum Gasteiger partial charge on any atom is -0.379 e. The number of rotatable bonds is 17. The fraction of sp³-hybridized carbons (Fsp3) is 1.00. The van der Waals surface area contributed by atoms with Gasteiger partial charge in [-0.05, 0) is 43.9 Å². The fourth-order valence-electron chi connectivity index (χ4n) is 4.28. The Labute approximate surface area is 182 Å². The normalized spacial score (nSPS) is 22.1. The number of hydrogen-bond donors (Lipinski definition) is 0. The van der Waals surface area contributed by atoms with Gasteiger partial charge in [0.25, 0.3) is 0 Å². The van der Waals surface area contributed by atoms with Crippen LogP contribution >= 0.6 is 0 Å². The van der Waals surface area contributed by atoms with Crippen molar-refractivity contribution in [2.45, 2.75) is 125 Å². The summed E-state index contributed by atoms with van der Waals surface area (Å²) >= 11 is 0. The molecular formula is C26H52O3. The Balaban J connectivity index is 1.93. The van der Waals surface area contributed by atoms with Gasteiger partial charge in [0.2, 0.25) is 0 Å². The van der Waals surface area contributed by atoms with Gasteiger partial charge in [-0.15, -0.1) is 0 Å². The fourth-order valence-corrected chi connectivity index (χ4v) is 4.28. The average Bonchev–Trinajstić information content (AvgIpc) is 2.97. The highest BCUT2D eigenvalue weighted by Gasteiger charge is 2.32. The predicted molar refractivity (Wildman–Crippen MR) is 124 cm³/mol. The van der Waals surface area contributed by atoms with Crippen LogP contribution in [0.25, 0.3) is 0 Å². The van der Waals surface area contributed by atoms with Crippen molar-refractivity contribution in [1.29, 1.82) is 0 Å². The molecule has 0 amide bonds. The molecular weight excluding hydrogens is 360 g/mol. The summed E-state index contributed by atoms with van der Waals surface area (Å²) in [5.41, 5.74) is 0. The minimum absolute atomic E-state index is 0.0964. The van der Waals surface area contributed by atoms with Crippen LogP contribution in [0.4, 0.5) is 0 Å². The second-order valence-corrected chi connectivity index (χ2v) is 10.8. The first-order chi connectivity index (χ1) is 13.7. The Hall–Kier alpha value is -0.120. The Bertz CT molecular complexity index is 393. The monoisotopic (exact) mass is 412 g/mol. The van der Waals surface area contributed by atoms with Gasteiger partial charge in [0.1, 0.15) is 6.10 Å². The lowest BCUT2D eigenvalue weighted by Crippen LogP contribution is -2.24. The van der Waals surface area contributed by atoms with Crippen LogP contribution in [0.3, 0.4) is 0 Å². The highest BCUT2D eigenvalue weighted by molar-refractivity contribution is 4.70. The van der Waals surface area contributed by atoms with Crippen molar-refractivity contribution in [2.75, 3.05) is 19.8 Å². The summed E-state index contributed by atoms with van der Waals surface area (Å²) in [4.78, 5) is 0. The van der Waals surface area contributed by atoms with Crippen molar-refractivity contribution in [3.05, 3.63) is 0 Å². The summed E-state index contributed by atoms with van der Waals surface area (Å²) in [5.74, 6) is 2.96. The van der Waals surface area contributed by atoms with E-state index >= 15 is 0 Å². The minimum atomic E-state index is -0.441. The van der Waals surface area contributed by atoms with E-state index in [0.717, 1.165) is 36.7 Å². The zero-order valence-electron chi connectivity index (χ0n) is 20.8. The molecule has 0 spiro atoms. The maximum atomic E-state index is 5.82. The Morgan fingerprint density at radius 2 is 1.24 bits per heavy atom. The lowest BCUT2D eigenvalue weighted by Gasteiger charge is -2.18. The van der Waals surface area contributed by atoms with E-state index in [1.807, 2.05) is 13.8 Å². The van der Waals surface area contributed by atoms with E-state index in [1.54, 1.807) is 0 Å². The molecule has 1 saturated heterocycles. The van der Waals surface area contributed by atoms with Crippen LogP contribution in [0.15, 0.2) is 0 Å². The second-order valence-electron chi connectivity index (χ2n) is 10.8. The third-order valence-electron chi connectivity index (χ3n) is 6.39. The van der Waals surface area contributed by atoms with E-state index in [9.17, 15) is 0 Å². The molecule has 0 N–H and O–H groups in total. The van der Waals surface area contributed by atoms with Crippen LogP contribution in [0.5, 0.6) is 0 Å². The molecule has 29 heavy (non-hydrogen) atoms. The molecule has 3 heteroatoms. The van der Waals surface area contributed by atoms with Gasteiger partial charge < -0.3 is 14.2 Å². The van der Waals surface area contributed by atoms with Gasteiger partial charge in [0, 0.05) is 6.61 Å². The summed E-state index contributed by atoms with van der Waals surface area (Å²) in [6.45, 7) is 18.0. The zero-order valence-corrected chi connectivity index (χ0v) is 20.8. The first-order valence-electron chi connectivity index (χ1n) is 12.6. The smallest absolute Gasteiger partial charge is 0.163 e. The van der Waals surface area contributed by atoms with E-state index < -0.39 is 5.79 Å². The molecule has 0 bridgehead atoms. The van der Waals surface area contributed by atoms with Gasteiger partial charge in [-0.25, -0.2) is 0 Å². The van der Waals surface area contributed by atoms with Crippen LogP contribution in [-0.2, 0) is 14.2 Å². The van der Waals surface area contributed by atoms with Crippen LogP contribution in [-0.4, -0.2) is 31.7 Å². The summed E-state index contributed by atoms with van der Waals surface area (Å²) < 4.78 is 17.2. The third kappa shape index (κ3) is 14.5. The predicted octanol–water partition coefficient (Wildman–Crippen LogP) is 7.62. The Morgan fingerprint density at radius 3 is 1.69 bits per heavy atom. The molecule has 0 unspecified atom stereocenters. The van der Waals surface area contributed by atoms with Crippen molar-refractivity contribution >= 4 is 0 Å². The molecule has 0 aromatic heterocycles. The quantitative estimate of drug-likeness (QED) is 0.230. The highest BCUT2D eigenvalue weighted by atomic mass is 16.7. The second kappa shape index (κ2) is 14.8. The van der Waals surface area contributed by atoms with Crippen LogP contribution in [0.1, 0.15) is 113 Å². The molecule has 1 aliphatic rings. The molecule has 0 radical (unpaired) electrons. The highest BCUT2D eigenvalue weighted by Crippen LogP contribution is 2.24. The van der Waals surface area contributed by atoms with E-state index in [0.29, 0.717) is 13.2 Å². The SMILES string of the molecule is CC(C)CCC[C@@H](C)CCC[C@@H](C)CCC[C@@H](C)CCOC[C@H]1COC(C)(C)O1. The largest absolute Gasteiger partial charge is 0.379 e.